The highest BCUT2D eigenvalue weighted by Crippen LogP contribution is 2.36. The number of hydrogen-bond donors (Lipinski definition) is 0. The molecule has 118 valence electrons. The van der Waals surface area contributed by atoms with Crippen LogP contribution in [0.15, 0.2) is 39.6 Å². The van der Waals surface area contributed by atoms with Gasteiger partial charge < -0.3 is 18.6 Å². The molecule has 0 aliphatic rings. The second-order valence-electron chi connectivity index (χ2n) is 4.61. The van der Waals surface area contributed by atoms with Gasteiger partial charge in [-0.2, -0.15) is 0 Å². The van der Waals surface area contributed by atoms with Gasteiger partial charge >= 0.3 is 5.63 Å². The van der Waals surface area contributed by atoms with Gasteiger partial charge in [-0.05, 0) is 25.0 Å². The SMILES string of the molecule is CCC=CCCOc1c(OC)c2cccc(OC)c2oc1=O. The molecule has 0 unspecified atom stereocenters. The Kier molecular flexibility index (Phi) is 5.47. The zero-order valence-corrected chi connectivity index (χ0v) is 13.0. The second-order valence-corrected chi connectivity index (χ2v) is 4.61. The van der Waals surface area contributed by atoms with E-state index in [1.54, 1.807) is 18.2 Å². The van der Waals surface area contributed by atoms with E-state index in [0.717, 1.165) is 6.42 Å². The second kappa shape index (κ2) is 7.54. The Hall–Kier alpha value is -2.43. The van der Waals surface area contributed by atoms with E-state index in [9.17, 15) is 4.79 Å². The number of allylic oxidation sites excluding steroid dienone is 1. The summed E-state index contributed by atoms with van der Waals surface area (Å²) in [5.74, 6) is 0.933. The highest BCUT2D eigenvalue weighted by molar-refractivity contribution is 5.89. The van der Waals surface area contributed by atoms with Crippen molar-refractivity contribution in [1.29, 1.82) is 0 Å². The molecule has 1 aromatic heterocycles. The molecule has 22 heavy (non-hydrogen) atoms. The summed E-state index contributed by atoms with van der Waals surface area (Å²) in [6, 6.07) is 5.32. The van der Waals surface area contributed by atoms with E-state index in [2.05, 4.69) is 6.92 Å². The van der Waals surface area contributed by atoms with E-state index in [1.807, 2.05) is 12.2 Å². The summed E-state index contributed by atoms with van der Waals surface area (Å²) in [5, 5.41) is 0.639. The predicted octanol–water partition coefficient (Wildman–Crippen LogP) is 3.55. The monoisotopic (exact) mass is 304 g/mol. The normalized spacial score (nSPS) is 11.0. The quantitative estimate of drug-likeness (QED) is 0.445. The molecule has 2 rings (SSSR count). The first kappa shape index (κ1) is 15.9. The van der Waals surface area contributed by atoms with Crippen molar-refractivity contribution >= 4 is 11.0 Å². The smallest absolute Gasteiger partial charge is 0.383 e. The van der Waals surface area contributed by atoms with Gasteiger partial charge in [0.2, 0.25) is 5.75 Å². The lowest BCUT2D eigenvalue weighted by Crippen LogP contribution is -2.10. The summed E-state index contributed by atoms with van der Waals surface area (Å²) in [6.45, 7) is 2.44. The predicted molar refractivity (Wildman–Crippen MR) is 85.1 cm³/mol. The summed E-state index contributed by atoms with van der Waals surface area (Å²) in [5.41, 5.74) is -0.224. The van der Waals surface area contributed by atoms with E-state index < -0.39 is 5.63 Å². The minimum atomic E-state index is -0.576. The van der Waals surface area contributed by atoms with Crippen molar-refractivity contribution in [3.63, 3.8) is 0 Å². The summed E-state index contributed by atoms with van der Waals surface area (Å²) < 4.78 is 21.5. The average Bonchev–Trinajstić information content (AvgIpc) is 2.54. The van der Waals surface area contributed by atoms with Crippen molar-refractivity contribution in [2.24, 2.45) is 0 Å². The third-order valence-electron chi connectivity index (χ3n) is 3.17. The number of para-hydroxylation sites is 1. The van der Waals surface area contributed by atoms with Crippen LogP contribution in [0.25, 0.3) is 11.0 Å². The minimum Gasteiger partial charge on any atom is -0.493 e. The molecular formula is C17H20O5. The zero-order chi connectivity index (χ0) is 15.9. The molecule has 1 heterocycles. The summed E-state index contributed by atoms with van der Waals surface area (Å²) >= 11 is 0. The van der Waals surface area contributed by atoms with Gasteiger partial charge in [-0.15, -0.1) is 0 Å². The Morgan fingerprint density at radius 1 is 1.14 bits per heavy atom. The van der Waals surface area contributed by atoms with Gasteiger partial charge in [-0.25, -0.2) is 4.79 Å². The Balaban J connectivity index is 2.40. The molecule has 0 fully saturated rings. The molecule has 0 saturated carbocycles. The lowest BCUT2D eigenvalue weighted by Gasteiger charge is -2.12. The molecular weight excluding hydrogens is 284 g/mol. The van der Waals surface area contributed by atoms with Gasteiger partial charge in [0, 0.05) is 0 Å². The van der Waals surface area contributed by atoms with Crippen molar-refractivity contribution in [3.8, 4) is 17.2 Å². The lowest BCUT2D eigenvalue weighted by molar-refractivity contribution is 0.284. The third kappa shape index (κ3) is 3.24. The number of fused-ring (bicyclic) bond motifs is 1. The number of hydrogen-bond acceptors (Lipinski definition) is 5. The summed E-state index contributed by atoms with van der Waals surface area (Å²) in [4.78, 5) is 12.2. The van der Waals surface area contributed by atoms with Gasteiger partial charge in [0.1, 0.15) is 0 Å². The van der Waals surface area contributed by atoms with Crippen LogP contribution in [0.4, 0.5) is 0 Å². The van der Waals surface area contributed by atoms with Crippen LogP contribution < -0.4 is 19.8 Å². The van der Waals surface area contributed by atoms with E-state index in [1.165, 1.54) is 14.2 Å². The lowest BCUT2D eigenvalue weighted by atomic mass is 10.2. The van der Waals surface area contributed by atoms with Crippen molar-refractivity contribution in [3.05, 3.63) is 40.8 Å². The van der Waals surface area contributed by atoms with E-state index in [0.29, 0.717) is 35.5 Å². The molecule has 0 spiro atoms. The van der Waals surface area contributed by atoms with Gasteiger partial charge in [-0.3, -0.25) is 0 Å². The van der Waals surface area contributed by atoms with Crippen molar-refractivity contribution < 1.29 is 18.6 Å². The average molecular weight is 304 g/mol. The maximum absolute atomic E-state index is 12.2. The molecule has 0 radical (unpaired) electrons. The number of rotatable bonds is 7. The van der Waals surface area contributed by atoms with E-state index >= 15 is 0 Å². The van der Waals surface area contributed by atoms with Crippen molar-refractivity contribution in [2.75, 3.05) is 20.8 Å². The molecule has 5 heteroatoms. The fourth-order valence-corrected chi connectivity index (χ4v) is 2.16. The Labute approximate surface area is 129 Å². The molecule has 0 bridgehead atoms. The van der Waals surface area contributed by atoms with Crippen molar-refractivity contribution in [2.45, 2.75) is 19.8 Å². The highest BCUT2D eigenvalue weighted by atomic mass is 16.5. The molecule has 0 amide bonds. The van der Waals surface area contributed by atoms with Crippen LogP contribution in [0.3, 0.4) is 0 Å². The van der Waals surface area contributed by atoms with Crippen LogP contribution in [-0.2, 0) is 0 Å². The van der Waals surface area contributed by atoms with E-state index in [4.69, 9.17) is 18.6 Å². The largest absolute Gasteiger partial charge is 0.493 e. The van der Waals surface area contributed by atoms with Crippen LogP contribution in [-0.4, -0.2) is 20.8 Å². The fraction of sp³-hybridized carbons (Fsp3) is 0.353. The van der Waals surface area contributed by atoms with Gasteiger partial charge in [0.15, 0.2) is 17.1 Å². The summed E-state index contributed by atoms with van der Waals surface area (Å²) in [7, 11) is 3.02. The molecule has 5 nitrogen and oxygen atoms in total. The maximum Gasteiger partial charge on any atom is 0.383 e. The molecule has 1 aromatic carbocycles. The van der Waals surface area contributed by atoms with Crippen LogP contribution >= 0.6 is 0 Å². The van der Waals surface area contributed by atoms with Crippen LogP contribution in [0.1, 0.15) is 19.8 Å². The first-order valence-corrected chi connectivity index (χ1v) is 7.18. The zero-order valence-electron chi connectivity index (χ0n) is 13.0. The minimum absolute atomic E-state index is 0.0909. The Morgan fingerprint density at radius 2 is 1.95 bits per heavy atom. The number of methoxy groups -OCH3 is 2. The fourth-order valence-electron chi connectivity index (χ4n) is 2.16. The Bertz CT molecular complexity index is 715. The van der Waals surface area contributed by atoms with Gasteiger partial charge in [-0.1, -0.05) is 25.1 Å². The maximum atomic E-state index is 12.2. The highest BCUT2D eigenvalue weighted by Gasteiger charge is 2.18. The van der Waals surface area contributed by atoms with Gasteiger partial charge in [0.25, 0.3) is 0 Å². The van der Waals surface area contributed by atoms with Crippen LogP contribution in [0, 0.1) is 0 Å². The molecule has 0 atom stereocenters. The molecule has 2 aromatic rings. The van der Waals surface area contributed by atoms with E-state index in [-0.39, 0.29) is 5.75 Å². The first-order chi connectivity index (χ1) is 10.7. The molecule has 0 N–H and O–H groups in total. The van der Waals surface area contributed by atoms with Gasteiger partial charge in [0.05, 0.1) is 26.2 Å². The Morgan fingerprint density at radius 3 is 2.64 bits per heavy atom. The third-order valence-corrected chi connectivity index (χ3v) is 3.17. The standard InChI is InChI=1S/C17H20O5/c1-4-5-6-7-11-21-16-15(20-3)12-9-8-10-13(19-2)14(12)22-17(16)18/h5-6,8-10H,4,7,11H2,1-3H3. The van der Waals surface area contributed by atoms with Crippen LogP contribution in [0.2, 0.25) is 0 Å². The first-order valence-electron chi connectivity index (χ1n) is 7.18. The molecule has 0 saturated heterocycles. The summed E-state index contributed by atoms with van der Waals surface area (Å²) in [6.07, 6.45) is 5.75. The topological polar surface area (TPSA) is 57.9 Å². The van der Waals surface area contributed by atoms with Crippen LogP contribution in [0.5, 0.6) is 17.2 Å². The number of benzene rings is 1. The number of ether oxygens (including phenoxy) is 3. The molecule has 0 aliphatic heterocycles. The van der Waals surface area contributed by atoms with Crippen molar-refractivity contribution in [1.82, 2.24) is 0 Å². The molecule has 0 aliphatic carbocycles.